The summed E-state index contributed by atoms with van der Waals surface area (Å²) in [5.41, 5.74) is 2.48. The first-order valence-corrected chi connectivity index (χ1v) is 11.0. The lowest BCUT2D eigenvalue weighted by Crippen LogP contribution is -2.29. The molecule has 1 aliphatic carbocycles. The summed E-state index contributed by atoms with van der Waals surface area (Å²) in [6, 6.07) is 8.53. The van der Waals surface area contributed by atoms with Crippen molar-refractivity contribution in [2.75, 3.05) is 28.6 Å². The van der Waals surface area contributed by atoms with Crippen molar-refractivity contribution in [2.24, 2.45) is 0 Å². The minimum absolute atomic E-state index is 0.184. The molecule has 2 N–H and O–H groups in total. The monoisotopic (exact) mass is 393 g/mol. The third kappa shape index (κ3) is 5.46. The van der Waals surface area contributed by atoms with Crippen LogP contribution in [-0.4, -0.2) is 35.0 Å². The van der Waals surface area contributed by atoms with Crippen LogP contribution in [0.2, 0.25) is 0 Å². The molecule has 1 aromatic carbocycles. The van der Waals surface area contributed by atoms with Crippen LogP contribution in [0.4, 0.5) is 17.3 Å². The molecule has 1 saturated heterocycles. The zero-order valence-electron chi connectivity index (χ0n) is 17.1. The van der Waals surface area contributed by atoms with Crippen molar-refractivity contribution in [3.8, 4) is 0 Å². The van der Waals surface area contributed by atoms with Crippen LogP contribution >= 0.6 is 0 Å². The van der Waals surface area contributed by atoms with Crippen LogP contribution in [0, 0.1) is 0 Å². The Kier molecular flexibility index (Phi) is 6.60. The van der Waals surface area contributed by atoms with Gasteiger partial charge in [-0.15, -0.1) is 0 Å². The van der Waals surface area contributed by atoms with Gasteiger partial charge in [-0.3, -0.25) is 4.79 Å². The van der Waals surface area contributed by atoms with Gasteiger partial charge in [-0.1, -0.05) is 25.7 Å². The van der Waals surface area contributed by atoms with Gasteiger partial charge >= 0.3 is 0 Å². The maximum absolute atomic E-state index is 12.5. The van der Waals surface area contributed by atoms with E-state index in [0.717, 1.165) is 18.8 Å². The predicted molar refractivity (Wildman–Crippen MR) is 118 cm³/mol. The molecule has 154 valence electrons. The molecule has 2 fully saturated rings. The molecule has 1 amide bonds. The minimum atomic E-state index is -0.184. The number of rotatable bonds is 5. The van der Waals surface area contributed by atoms with Crippen LogP contribution < -0.4 is 15.5 Å². The van der Waals surface area contributed by atoms with Crippen molar-refractivity contribution in [3.05, 3.63) is 42.2 Å². The topological polar surface area (TPSA) is 70.2 Å². The van der Waals surface area contributed by atoms with Gasteiger partial charge in [0.05, 0.1) is 5.56 Å². The van der Waals surface area contributed by atoms with Crippen molar-refractivity contribution < 1.29 is 4.79 Å². The van der Waals surface area contributed by atoms with E-state index in [-0.39, 0.29) is 5.91 Å². The van der Waals surface area contributed by atoms with Crippen molar-refractivity contribution in [2.45, 2.75) is 63.8 Å². The van der Waals surface area contributed by atoms with Gasteiger partial charge in [-0.05, 0) is 56.4 Å². The zero-order valence-corrected chi connectivity index (χ0v) is 17.1. The van der Waals surface area contributed by atoms with Gasteiger partial charge < -0.3 is 15.5 Å². The number of nitrogens with zero attached hydrogens (tertiary/aromatic N) is 3. The molecule has 2 aliphatic rings. The molecule has 0 spiro atoms. The average molecular weight is 394 g/mol. The van der Waals surface area contributed by atoms with Crippen molar-refractivity contribution in [1.82, 2.24) is 9.97 Å². The number of aromatic nitrogens is 2. The van der Waals surface area contributed by atoms with Gasteiger partial charge in [0.25, 0.3) is 5.91 Å². The number of carbonyl (C=O) groups is 1. The molecule has 0 radical (unpaired) electrons. The highest BCUT2D eigenvalue weighted by Crippen LogP contribution is 2.22. The lowest BCUT2D eigenvalue weighted by Gasteiger charge is -2.28. The number of anilines is 3. The number of hydrogen-bond acceptors (Lipinski definition) is 5. The first-order chi connectivity index (χ1) is 14.3. The van der Waals surface area contributed by atoms with Crippen molar-refractivity contribution >= 4 is 23.2 Å². The van der Waals surface area contributed by atoms with Crippen molar-refractivity contribution in [3.63, 3.8) is 0 Å². The fourth-order valence-corrected chi connectivity index (χ4v) is 4.24. The second-order valence-corrected chi connectivity index (χ2v) is 8.18. The van der Waals surface area contributed by atoms with Crippen LogP contribution in [0.1, 0.15) is 68.1 Å². The zero-order chi connectivity index (χ0) is 19.9. The molecule has 1 saturated carbocycles. The van der Waals surface area contributed by atoms with E-state index in [1.165, 1.54) is 63.5 Å². The highest BCUT2D eigenvalue weighted by molar-refractivity contribution is 6.03. The summed E-state index contributed by atoms with van der Waals surface area (Å²) in [5.74, 6) is 0.427. The largest absolute Gasteiger partial charge is 0.372 e. The number of piperidine rings is 1. The van der Waals surface area contributed by atoms with Crippen LogP contribution in [-0.2, 0) is 0 Å². The first-order valence-electron chi connectivity index (χ1n) is 11.0. The molecule has 0 bridgehead atoms. The predicted octanol–water partition coefficient (Wildman–Crippen LogP) is 4.85. The number of carbonyl (C=O) groups excluding carboxylic acids is 1. The second-order valence-electron chi connectivity index (χ2n) is 8.18. The summed E-state index contributed by atoms with van der Waals surface area (Å²) >= 11 is 0. The number of amides is 1. The lowest BCUT2D eigenvalue weighted by atomic mass is 10.1. The van der Waals surface area contributed by atoms with E-state index in [1.54, 1.807) is 12.4 Å². The van der Waals surface area contributed by atoms with E-state index < -0.39 is 0 Å². The third-order valence-corrected chi connectivity index (χ3v) is 5.95. The number of nitrogens with one attached hydrogen (secondary N) is 2. The molecular weight excluding hydrogens is 362 g/mol. The first kappa shape index (κ1) is 19.7. The normalized spacial score (nSPS) is 18.1. The Morgan fingerprint density at radius 2 is 1.48 bits per heavy atom. The smallest absolute Gasteiger partial charge is 0.258 e. The average Bonchev–Trinajstić information content (AvgIpc) is 3.04. The molecule has 6 nitrogen and oxygen atoms in total. The summed E-state index contributed by atoms with van der Waals surface area (Å²) in [5, 5.41) is 6.36. The van der Waals surface area contributed by atoms with Gasteiger partial charge in [0.15, 0.2) is 0 Å². The van der Waals surface area contributed by atoms with E-state index >= 15 is 0 Å². The fourth-order valence-electron chi connectivity index (χ4n) is 4.24. The Morgan fingerprint density at radius 3 is 2.14 bits per heavy atom. The van der Waals surface area contributed by atoms with Crippen LogP contribution in [0.25, 0.3) is 0 Å². The Balaban J connectivity index is 1.32. The van der Waals surface area contributed by atoms with Gasteiger partial charge in [-0.2, -0.15) is 0 Å². The molecule has 6 heteroatoms. The molecule has 29 heavy (non-hydrogen) atoms. The SMILES string of the molecule is O=C(Nc1ccc(N2CCCCC2)cc1)c1cnc(NC2CCCCCC2)nc1. The quantitative estimate of drug-likeness (QED) is 0.710. The summed E-state index contributed by atoms with van der Waals surface area (Å²) < 4.78 is 0. The van der Waals surface area contributed by atoms with Crippen LogP contribution in [0.3, 0.4) is 0 Å². The lowest BCUT2D eigenvalue weighted by molar-refractivity contribution is 0.102. The molecule has 1 aromatic heterocycles. The molecule has 2 aromatic rings. The van der Waals surface area contributed by atoms with Crippen LogP contribution in [0.5, 0.6) is 0 Å². The fraction of sp³-hybridized carbons (Fsp3) is 0.522. The molecule has 2 heterocycles. The summed E-state index contributed by atoms with van der Waals surface area (Å²) in [7, 11) is 0. The van der Waals surface area contributed by atoms with Crippen molar-refractivity contribution in [1.29, 1.82) is 0 Å². The number of hydrogen-bond donors (Lipinski definition) is 2. The maximum atomic E-state index is 12.5. The highest BCUT2D eigenvalue weighted by Gasteiger charge is 2.14. The van der Waals surface area contributed by atoms with Gasteiger partial charge in [0, 0.05) is 42.9 Å². The van der Waals surface area contributed by atoms with E-state index in [0.29, 0.717) is 17.6 Å². The van der Waals surface area contributed by atoms with Gasteiger partial charge in [0.1, 0.15) is 0 Å². The molecule has 4 rings (SSSR count). The molecular formula is C23H31N5O. The highest BCUT2D eigenvalue weighted by atomic mass is 16.1. The Labute approximate surface area is 173 Å². The van der Waals surface area contributed by atoms with E-state index in [9.17, 15) is 4.79 Å². The van der Waals surface area contributed by atoms with Gasteiger partial charge in [0.2, 0.25) is 5.95 Å². The Bertz CT molecular complexity index is 776. The van der Waals surface area contributed by atoms with E-state index in [1.807, 2.05) is 12.1 Å². The summed E-state index contributed by atoms with van der Waals surface area (Å²) in [4.78, 5) is 23.6. The standard InChI is InChI=1S/C23H31N5O/c29-22(26-20-10-12-21(13-11-20)28-14-6-3-7-15-28)18-16-24-23(25-17-18)27-19-8-4-1-2-5-9-19/h10-13,16-17,19H,1-9,14-15H2,(H,26,29)(H,24,25,27). The maximum Gasteiger partial charge on any atom is 0.258 e. The summed E-state index contributed by atoms with van der Waals surface area (Å²) in [6.45, 7) is 2.23. The van der Waals surface area contributed by atoms with E-state index in [2.05, 4.69) is 37.6 Å². The summed E-state index contributed by atoms with van der Waals surface area (Å²) in [6.07, 6.45) is 14.5. The minimum Gasteiger partial charge on any atom is -0.372 e. The number of benzene rings is 1. The molecule has 1 aliphatic heterocycles. The third-order valence-electron chi connectivity index (χ3n) is 5.95. The Hall–Kier alpha value is -2.63. The molecule has 0 atom stereocenters. The molecule has 0 unspecified atom stereocenters. The second kappa shape index (κ2) is 9.72. The van der Waals surface area contributed by atoms with Gasteiger partial charge in [-0.25, -0.2) is 9.97 Å². The Morgan fingerprint density at radius 1 is 0.862 bits per heavy atom. The van der Waals surface area contributed by atoms with E-state index in [4.69, 9.17) is 0 Å². The van der Waals surface area contributed by atoms with Crippen LogP contribution in [0.15, 0.2) is 36.7 Å².